The molecule has 3 aromatic rings. The van der Waals surface area contributed by atoms with E-state index in [1.54, 1.807) is 6.33 Å². The quantitative estimate of drug-likeness (QED) is 0.685. The fraction of sp³-hybridized carbons (Fsp3) is 0.500. The van der Waals surface area contributed by atoms with Crippen molar-refractivity contribution in [2.75, 3.05) is 25.5 Å². The van der Waals surface area contributed by atoms with E-state index < -0.39 is 0 Å². The molecule has 1 aliphatic rings. The minimum atomic E-state index is 0.682. The van der Waals surface area contributed by atoms with Gasteiger partial charge < -0.3 is 19.8 Å². The second-order valence-corrected chi connectivity index (χ2v) is 7.16. The molecule has 1 unspecified atom stereocenters. The summed E-state index contributed by atoms with van der Waals surface area (Å²) in [5.74, 6) is 0.899. The molecule has 2 aromatic heterocycles. The third-order valence-electron chi connectivity index (χ3n) is 5.29. The van der Waals surface area contributed by atoms with Gasteiger partial charge in [0.2, 0.25) is 0 Å². The van der Waals surface area contributed by atoms with Gasteiger partial charge in [0.1, 0.15) is 12.1 Å². The van der Waals surface area contributed by atoms with E-state index >= 15 is 0 Å². The third kappa shape index (κ3) is 3.02. The van der Waals surface area contributed by atoms with Crippen LogP contribution in [-0.4, -0.2) is 50.6 Å². The molecule has 1 fully saturated rings. The highest BCUT2D eigenvalue weighted by molar-refractivity contribution is 7.71. The fourth-order valence-electron chi connectivity index (χ4n) is 3.86. The number of fused-ring (bicyclic) bond motifs is 2. The van der Waals surface area contributed by atoms with Crippen molar-refractivity contribution in [1.29, 1.82) is 0 Å². The number of hydrogen-bond donors (Lipinski definition) is 2. The smallest absolute Gasteiger partial charge is 0.178 e. The molecule has 25 heavy (non-hydrogen) atoms. The summed E-state index contributed by atoms with van der Waals surface area (Å²) >= 11 is 5.42. The Hall–Kier alpha value is -1.99. The first-order chi connectivity index (χ1) is 12.2. The molecule has 0 bridgehead atoms. The van der Waals surface area contributed by atoms with E-state index in [9.17, 15) is 0 Å². The van der Waals surface area contributed by atoms with Gasteiger partial charge in [-0.15, -0.1) is 0 Å². The molecule has 0 aliphatic carbocycles. The maximum absolute atomic E-state index is 5.42. The summed E-state index contributed by atoms with van der Waals surface area (Å²) in [5.41, 5.74) is 3.07. The zero-order valence-corrected chi connectivity index (χ0v) is 15.6. The average molecular weight is 356 g/mol. The summed E-state index contributed by atoms with van der Waals surface area (Å²) in [6.45, 7) is 5.08. The lowest BCUT2D eigenvalue weighted by Crippen LogP contribution is -2.27. The molecule has 132 valence electrons. The van der Waals surface area contributed by atoms with Crippen LogP contribution >= 0.6 is 12.2 Å². The van der Waals surface area contributed by atoms with Crippen LogP contribution in [0, 0.1) is 4.77 Å². The van der Waals surface area contributed by atoms with E-state index in [0.717, 1.165) is 52.0 Å². The lowest BCUT2D eigenvalue weighted by Gasteiger charge is -2.19. The topological polar surface area (TPSA) is 61.8 Å². The van der Waals surface area contributed by atoms with Crippen molar-refractivity contribution in [2.24, 2.45) is 0 Å². The van der Waals surface area contributed by atoms with Crippen LogP contribution in [0.25, 0.3) is 21.9 Å². The van der Waals surface area contributed by atoms with Gasteiger partial charge in [0, 0.05) is 24.5 Å². The van der Waals surface area contributed by atoms with E-state index in [4.69, 9.17) is 12.2 Å². The summed E-state index contributed by atoms with van der Waals surface area (Å²) in [7, 11) is 2.22. The predicted molar refractivity (Wildman–Crippen MR) is 105 cm³/mol. The van der Waals surface area contributed by atoms with E-state index in [2.05, 4.69) is 55.8 Å². The average Bonchev–Trinajstić information content (AvgIpc) is 3.15. The van der Waals surface area contributed by atoms with Gasteiger partial charge in [-0.1, -0.05) is 0 Å². The van der Waals surface area contributed by atoms with Gasteiger partial charge in [0.25, 0.3) is 0 Å². The molecule has 4 rings (SSSR count). The molecule has 1 aliphatic heterocycles. The minimum Gasteiger partial charge on any atom is -0.369 e. The van der Waals surface area contributed by atoms with Crippen molar-refractivity contribution >= 4 is 40.0 Å². The van der Waals surface area contributed by atoms with Gasteiger partial charge >= 0.3 is 0 Å². The van der Waals surface area contributed by atoms with Crippen molar-refractivity contribution in [3.8, 4) is 0 Å². The van der Waals surface area contributed by atoms with Gasteiger partial charge in [-0.05, 0) is 64.1 Å². The van der Waals surface area contributed by atoms with Crippen molar-refractivity contribution in [3.63, 3.8) is 0 Å². The van der Waals surface area contributed by atoms with Crippen LogP contribution in [0.5, 0.6) is 0 Å². The number of aromatic nitrogens is 4. The molecule has 0 radical (unpaired) electrons. The van der Waals surface area contributed by atoms with Gasteiger partial charge in [-0.3, -0.25) is 0 Å². The van der Waals surface area contributed by atoms with Crippen LogP contribution in [0.2, 0.25) is 0 Å². The number of likely N-dealkylation sites (tertiary alicyclic amines) is 1. The first kappa shape index (κ1) is 16.5. The Morgan fingerprint density at radius 3 is 3.00 bits per heavy atom. The largest absolute Gasteiger partial charge is 0.369 e. The fourth-order valence-corrected chi connectivity index (χ4v) is 4.20. The highest BCUT2D eigenvalue weighted by Crippen LogP contribution is 2.26. The zero-order chi connectivity index (χ0) is 17.4. The second kappa shape index (κ2) is 6.72. The third-order valence-corrected chi connectivity index (χ3v) is 5.61. The number of rotatable bonds is 5. The summed E-state index contributed by atoms with van der Waals surface area (Å²) < 4.78 is 2.84. The molecule has 0 spiro atoms. The number of hydrogen-bond acceptors (Lipinski definition) is 5. The lowest BCUT2D eigenvalue weighted by atomic mass is 10.1. The summed E-state index contributed by atoms with van der Waals surface area (Å²) in [5, 5.41) is 4.55. The Morgan fingerprint density at radius 2 is 2.24 bits per heavy atom. The van der Waals surface area contributed by atoms with Crippen molar-refractivity contribution in [1.82, 2.24) is 24.4 Å². The van der Waals surface area contributed by atoms with Gasteiger partial charge in [-0.25, -0.2) is 9.97 Å². The van der Waals surface area contributed by atoms with Crippen molar-refractivity contribution in [3.05, 3.63) is 23.2 Å². The lowest BCUT2D eigenvalue weighted by molar-refractivity contribution is 0.301. The van der Waals surface area contributed by atoms with Crippen LogP contribution in [-0.2, 0) is 6.54 Å². The molecule has 0 saturated carbocycles. The molecule has 0 amide bonds. The summed E-state index contributed by atoms with van der Waals surface area (Å²) in [6, 6.07) is 4.89. The highest BCUT2D eigenvalue weighted by atomic mass is 32.1. The maximum Gasteiger partial charge on any atom is 0.178 e. The van der Waals surface area contributed by atoms with E-state index in [0.29, 0.717) is 6.04 Å². The van der Waals surface area contributed by atoms with E-state index in [1.807, 2.05) is 0 Å². The number of aromatic amines is 1. The van der Waals surface area contributed by atoms with Crippen LogP contribution < -0.4 is 5.32 Å². The van der Waals surface area contributed by atoms with Crippen molar-refractivity contribution in [2.45, 2.75) is 38.8 Å². The molecule has 1 saturated heterocycles. The van der Waals surface area contributed by atoms with Gasteiger partial charge in [0.15, 0.2) is 4.77 Å². The Morgan fingerprint density at radius 1 is 1.36 bits per heavy atom. The normalized spacial score (nSPS) is 18.4. The van der Waals surface area contributed by atoms with Crippen LogP contribution in [0.15, 0.2) is 18.5 Å². The summed E-state index contributed by atoms with van der Waals surface area (Å²) in [4.78, 5) is 14.7. The Labute approximate surface area is 152 Å². The maximum atomic E-state index is 5.42. The monoisotopic (exact) mass is 356 g/mol. The predicted octanol–water partition coefficient (Wildman–Crippen LogP) is 3.56. The van der Waals surface area contributed by atoms with E-state index in [1.165, 1.54) is 19.4 Å². The first-order valence-electron chi connectivity index (χ1n) is 8.98. The van der Waals surface area contributed by atoms with Crippen LogP contribution in [0.1, 0.15) is 26.2 Å². The number of benzene rings is 1. The van der Waals surface area contributed by atoms with E-state index in [-0.39, 0.29) is 0 Å². The molecule has 1 atom stereocenters. The second-order valence-electron chi connectivity index (χ2n) is 6.78. The number of anilines is 1. The summed E-state index contributed by atoms with van der Waals surface area (Å²) in [6.07, 6.45) is 5.38. The SMILES string of the molecule is CCn1c(=S)[nH]c2cc3c(NCCC4CCCN4C)ncnc3cc21. The molecular weight excluding hydrogens is 332 g/mol. The Kier molecular flexibility index (Phi) is 4.43. The minimum absolute atomic E-state index is 0.682. The number of H-pyrrole nitrogens is 1. The molecule has 7 heteroatoms. The molecule has 3 heterocycles. The zero-order valence-electron chi connectivity index (χ0n) is 14.7. The number of nitrogens with zero attached hydrogens (tertiary/aromatic N) is 4. The van der Waals surface area contributed by atoms with Crippen LogP contribution in [0.3, 0.4) is 0 Å². The molecule has 1 aromatic carbocycles. The Bertz CT molecular complexity index is 959. The Balaban J connectivity index is 1.62. The first-order valence-corrected chi connectivity index (χ1v) is 9.39. The number of nitrogens with one attached hydrogen (secondary N) is 2. The van der Waals surface area contributed by atoms with Crippen LogP contribution in [0.4, 0.5) is 5.82 Å². The van der Waals surface area contributed by atoms with Gasteiger partial charge in [-0.2, -0.15) is 0 Å². The molecule has 6 nitrogen and oxygen atoms in total. The number of imidazole rings is 1. The van der Waals surface area contributed by atoms with Gasteiger partial charge in [0.05, 0.1) is 16.6 Å². The molecular formula is C18H24N6S. The van der Waals surface area contributed by atoms with Crippen molar-refractivity contribution < 1.29 is 0 Å². The standard InChI is InChI=1S/C18H24N6S/c1-3-24-16-10-14-13(9-15(16)22-18(24)25)17(21-11-20-14)19-7-6-12-5-4-8-23(12)2/h9-12H,3-8H2,1-2H3,(H,22,25)(H,19,20,21). The highest BCUT2D eigenvalue weighted by Gasteiger charge is 2.20. The molecule has 2 N–H and O–H groups in total. The number of aryl methyl sites for hydroxylation is 1.